The van der Waals surface area contributed by atoms with Crippen molar-refractivity contribution >= 4 is 17.9 Å². The van der Waals surface area contributed by atoms with E-state index in [1.54, 1.807) is 6.08 Å². The van der Waals surface area contributed by atoms with E-state index >= 15 is 0 Å². The average Bonchev–Trinajstić information content (AvgIpc) is 2.26. The number of aryl methyl sites for hydroxylation is 1. The van der Waals surface area contributed by atoms with Crippen molar-refractivity contribution in [3.63, 3.8) is 0 Å². The van der Waals surface area contributed by atoms with Crippen LogP contribution in [-0.2, 0) is 14.4 Å². The molecule has 17 heavy (non-hydrogen) atoms. The molecule has 5 nitrogen and oxygen atoms in total. The highest BCUT2D eigenvalue weighted by Gasteiger charge is 1.97. The molecule has 1 rings (SSSR count). The summed E-state index contributed by atoms with van der Waals surface area (Å²) in [4.78, 5) is 26.1. The van der Waals surface area contributed by atoms with Gasteiger partial charge in [0, 0.05) is 6.08 Å². The largest absolute Gasteiger partial charge is 0.368 e. The molecular formula is C12H14N2O3. The van der Waals surface area contributed by atoms with Gasteiger partial charge < -0.3 is 5.73 Å². The third-order valence-electron chi connectivity index (χ3n) is 1.86. The molecule has 0 spiro atoms. The lowest BCUT2D eigenvalue weighted by Crippen LogP contribution is -2.28. The minimum absolute atomic E-state index is 0.343. The normalized spacial score (nSPS) is 10.4. The van der Waals surface area contributed by atoms with Crippen molar-refractivity contribution in [2.45, 2.75) is 6.92 Å². The van der Waals surface area contributed by atoms with Crippen molar-refractivity contribution in [2.24, 2.45) is 5.73 Å². The van der Waals surface area contributed by atoms with Crippen LogP contribution in [0.25, 0.3) is 6.08 Å². The van der Waals surface area contributed by atoms with Crippen molar-refractivity contribution in [1.29, 1.82) is 0 Å². The molecule has 0 unspecified atom stereocenters. The third-order valence-corrected chi connectivity index (χ3v) is 1.86. The first kappa shape index (κ1) is 12.9. The monoisotopic (exact) mass is 234 g/mol. The Kier molecular flexibility index (Phi) is 4.90. The molecule has 0 heterocycles. The summed E-state index contributed by atoms with van der Waals surface area (Å²) in [5.41, 5.74) is 8.92. The van der Waals surface area contributed by atoms with Crippen LogP contribution >= 0.6 is 0 Å². The van der Waals surface area contributed by atoms with E-state index < -0.39 is 11.8 Å². The molecule has 90 valence electrons. The Labute approximate surface area is 99.2 Å². The van der Waals surface area contributed by atoms with Crippen LogP contribution in [0.2, 0.25) is 0 Å². The van der Waals surface area contributed by atoms with Crippen LogP contribution in [0, 0.1) is 6.92 Å². The predicted octanol–water partition coefficient (Wildman–Crippen LogP) is 0.541. The zero-order valence-corrected chi connectivity index (χ0v) is 9.47. The molecule has 5 heteroatoms. The van der Waals surface area contributed by atoms with Gasteiger partial charge >= 0.3 is 0 Å². The summed E-state index contributed by atoms with van der Waals surface area (Å²) < 4.78 is 0. The van der Waals surface area contributed by atoms with E-state index in [0.717, 1.165) is 11.1 Å². The van der Waals surface area contributed by atoms with Gasteiger partial charge in [-0.25, -0.2) is 5.48 Å². The minimum Gasteiger partial charge on any atom is -0.368 e. The second-order valence-corrected chi connectivity index (χ2v) is 3.47. The van der Waals surface area contributed by atoms with E-state index in [1.165, 1.54) is 6.08 Å². The minimum atomic E-state index is -0.645. The standard InChI is InChI=1S/C12H14N2O3/c1-9-3-2-4-10(7-9)5-6-12(16)14-17-8-11(13)15/h2-7H,8H2,1H3,(H2,13,15)(H,14,16)/b6-5+. The number of benzene rings is 1. The highest BCUT2D eigenvalue weighted by molar-refractivity contribution is 5.91. The molecule has 0 radical (unpaired) electrons. The predicted molar refractivity (Wildman–Crippen MR) is 63.5 cm³/mol. The topological polar surface area (TPSA) is 81.4 Å². The van der Waals surface area contributed by atoms with Crippen LogP contribution in [0.4, 0.5) is 0 Å². The summed E-state index contributed by atoms with van der Waals surface area (Å²) in [7, 11) is 0. The van der Waals surface area contributed by atoms with Crippen LogP contribution in [0.3, 0.4) is 0 Å². The second-order valence-electron chi connectivity index (χ2n) is 3.47. The Morgan fingerprint density at radius 3 is 2.88 bits per heavy atom. The van der Waals surface area contributed by atoms with E-state index in [4.69, 9.17) is 5.73 Å². The number of hydrogen-bond donors (Lipinski definition) is 2. The smallest absolute Gasteiger partial charge is 0.267 e. The van der Waals surface area contributed by atoms with Gasteiger partial charge in [-0.3, -0.25) is 14.4 Å². The van der Waals surface area contributed by atoms with Crippen LogP contribution in [-0.4, -0.2) is 18.4 Å². The zero-order valence-electron chi connectivity index (χ0n) is 9.47. The van der Waals surface area contributed by atoms with Gasteiger partial charge in [0.25, 0.3) is 5.91 Å². The van der Waals surface area contributed by atoms with E-state index in [9.17, 15) is 9.59 Å². The fourth-order valence-electron chi connectivity index (χ4n) is 1.16. The maximum atomic E-state index is 11.2. The number of nitrogens with two attached hydrogens (primary N) is 1. The van der Waals surface area contributed by atoms with Crippen LogP contribution in [0.5, 0.6) is 0 Å². The lowest BCUT2D eigenvalue weighted by molar-refractivity contribution is -0.134. The molecule has 0 aliphatic rings. The van der Waals surface area contributed by atoms with Crippen LogP contribution in [0.1, 0.15) is 11.1 Å². The number of primary amides is 1. The molecule has 0 bridgehead atoms. The van der Waals surface area contributed by atoms with Gasteiger partial charge in [-0.1, -0.05) is 29.8 Å². The van der Waals surface area contributed by atoms with Gasteiger partial charge in [0.05, 0.1) is 0 Å². The first-order chi connectivity index (χ1) is 8.08. The molecule has 0 saturated heterocycles. The highest BCUT2D eigenvalue weighted by Crippen LogP contribution is 2.05. The Morgan fingerprint density at radius 1 is 1.47 bits per heavy atom. The molecule has 0 saturated carbocycles. The molecule has 1 aromatic carbocycles. The summed E-state index contributed by atoms with van der Waals surface area (Å²) in [6.07, 6.45) is 2.96. The van der Waals surface area contributed by atoms with Gasteiger partial charge in [-0.15, -0.1) is 0 Å². The van der Waals surface area contributed by atoms with E-state index in [0.29, 0.717) is 0 Å². The molecular weight excluding hydrogens is 220 g/mol. The Hall–Kier alpha value is -2.14. The molecule has 0 atom stereocenters. The Morgan fingerprint density at radius 2 is 2.24 bits per heavy atom. The van der Waals surface area contributed by atoms with Crippen molar-refractivity contribution in [3.05, 3.63) is 41.5 Å². The van der Waals surface area contributed by atoms with Gasteiger partial charge in [-0.05, 0) is 18.6 Å². The summed E-state index contributed by atoms with van der Waals surface area (Å²) in [6.45, 7) is 1.62. The third kappa shape index (κ3) is 5.48. The van der Waals surface area contributed by atoms with E-state index in [1.807, 2.05) is 31.2 Å². The fourth-order valence-corrected chi connectivity index (χ4v) is 1.16. The van der Waals surface area contributed by atoms with E-state index in [2.05, 4.69) is 10.3 Å². The Bertz CT molecular complexity index is 441. The molecule has 2 amide bonds. The van der Waals surface area contributed by atoms with Crippen molar-refractivity contribution in [1.82, 2.24) is 5.48 Å². The van der Waals surface area contributed by atoms with Gasteiger partial charge in [0.15, 0.2) is 6.61 Å². The van der Waals surface area contributed by atoms with Gasteiger partial charge in [0.1, 0.15) is 0 Å². The summed E-state index contributed by atoms with van der Waals surface area (Å²) in [5.74, 6) is -1.10. The van der Waals surface area contributed by atoms with E-state index in [-0.39, 0.29) is 6.61 Å². The van der Waals surface area contributed by atoms with Crippen molar-refractivity contribution in [3.8, 4) is 0 Å². The number of amides is 2. The lowest BCUT2D eigenvalue weighted by Gasteiger charge is -2.00. The lowest BCUT2D eigenvalue weighted by atomic mass is 10.1. The van der Waals surface area contributed by atoms with Crippen LogP contribution < -0.4 is 11.2 Å². The molecule has 1 aromatic rings. The second kappa shape index (κ2) is 6.44. The molecule has 3 N–H and O–H groups in total. The fraction of sp³-hybridized carbons (Fsp3) is 0.167. The average molecular weight is 234 g/mol. The van der Waals surface area contributed by atoms with Gasteiger partial charge in [0.2, 0.25) is 5.91 Å². The quantitative estimate of drug-likeness (QED) is 0.576. The molecule has 0 fully saturated rings. The van der Waals surface area contributed by atoms with Gasteiger partial charge in [-0.2, -0.15) is 0 Å². The molecule has 0 aromatic heterocycles. The number of rotatable bonds is 5. The van der Waals surface area contributed by atoms with Crippen LogP contribution in [0.15, 0.2) is 30.3 Å². The first-order valence-corrected chi connectivity index (χ1v) is 5.03. The number of carbonyl (C=O) groups is 2. The summed E-state index contributed by atoms with van der Waals surface area (Å²) >= 11 is 0. The van der Waals surface area contributed by atoms with Crippen molar-refractivity contribution < 1.29 is 14.4 Å². The number of hydroxylamine groups is 1. The number of carbonyl (C=O) groups excluding carboxylic acids is 2. The SMILES string of the molecule is Cc1cccc(/C=C/C(=O)NOCC(N)=O)c1. The highest BCUT2D eigenvalue weighted by atomic mass is 16.7. The maximum absolute atomic E-state index is 11.2. The molecule has 0 aliphatic carbocycles. The molecule has 0 aliphatic heterocycles. The summed E-state index contributed by atoms with van der Waals surface area (Å²) in [6, 6.07) is 7.68. The maximum Gasteiger partial charge on any atom is 0.267 e. The number of nitrogens with one attached hydrogen (secondary N) is 1. The number of hydrogen-bond acceptors (Lipinski definition) is 3. The first-order valence-electron chi connectivity index (χ1n) is 5.03. The van der Waals surface area contributed by atoms with Crippen molar-refractivity contribution in [2.75, 3.05) is 6.61 Å². The Balaban J connectivity index is 2.43. The zero-order chi connectivity index (χ0) is 12.7. The summed E-state index contributed by atoms with van der Waals surface area (Å²) in [5, 5.41) is 0.